The molecule has 0 radical (unpaired) electrons. The summed E-state index contributed by atoms with van der Waals surface area (Å²) in [5.74, 6) is -4.07. The summed E-state index contributed by atoms with van der Waals surface area (Å²) in [5, 5.41) is 26.7. The van der Waals surface area contributed by atoms with Gasteiger partial charge in [-0.15, -0.1) is 12.4 Å². The molecular formula is C95H95Cl5F4N16O21S7. The topological polar surface area (TPSA) is 557 Å². The van der Waals surface area contributed by atoms with Crippen molar-refractivity contribution in [3.8, 4) is 69.0 Å². The predicted octanol–water partition coefficient (Wildman–Crippen LogP) is 19.2. The Morgan fingerprint density at radius 3 is 0.743 bits per heavy atom. The fraction of sp³-hybridized carbons (Fsp3) is 0.221. The van der Waals surface area contributed by atoms with E-state index in [4.69, 9.17) is 170 Å². The van der Waals surface area contributed by atoms with E-state index in [-0.39, 0.29) is 142 Å². The van der Waals surface area contributed by atoms with Gasteiger partial charge in [-0.2, -0.15) is 25.3 Å². The maximum absolute atomic E-state index is 14.9. The number of fused-ring (bicyclic) bond motifs is 4. The van der Waals surface area contributed by atoms with Crippen LogP contribution < -0.4 is 103 Å². The predicted molar refractivity (Wildman–Crippen MR) is 577 cm³/mol. The number of carbonyl (C=O) groups is 4. The van der Waals surface area contributed by atoms with E-state index in [0.717, 1.165) is 56.9 Å². The van der Waals surface area contributed by atoms with E-state index in [1.54, 1.807) is 84.9 Å². The van der Waals surface area contributed by atoms with Crippen molar-refractivity contribution in [2.24, 2.45) is 22.9 Å². The molecule has 4 aliphatic rings. The Labute approximate surface area is 893 Å². The van der Waals surface area contributed by atoms with Gasteiger partial charge in [0.25, 0.3) is 54.0 Å². The first kappa shape index (κ1) is 118. The molecule has 0 saturated heterocycles. The monoisotopic (exact) mass is 2270 g/mol. The number of aryl methyl sites for hydroxylation is 1. The van der Waals surface area contributed by atoms with Crippen LogP contribution in [-0.4, -0.2) is 168 Å². The lowest BCUT2D eigenvalue weighted by molar-refractivity contribution is 0.0989. The van der Waals surface area contributed by atoms with Crippen molar-refractivity contribution < 1.29 is 114 Å². The average Bonchev–Trinajstić information content (AvgIpc) is 0.970. The van der Waals surface area contributed by atoms with Gasteiger partial charge in [-0.05, 0) is 223 Å². The summed E-state index contributed by atoms with van der Waals surface area (Å²) >= 11 is 45.6. The van der Waals surface area contributed by atoms with E-state index in [2.05, 4.69) is 62.5 Å². The number of hydrogen-bond donors (Lipinski definition) is 15. The summed E-state index contributed by atoms with van der Waals surface area (Å²) in [7, 11) is -5.65. The summed E-state index contributed by atoms with van der Waals surface area (Å²) in [6.45, 7) is 3.21. The molecule has 0 aliphatic heterocycles. The molecule has 0 unspecified atom stereocenters. The molecule has 4 heterocycles. The summed E-state index contributed by atoms with van der Waals surface area (Å²) in [4.78, 5) is 64.0. The van der Waals surface area contributed by atoms with Crippen molar-refractivity contribution in [3.05, 3.63) is 242 Å². The summed E-state index contributed by atoms with van der Waals surface area (Å²) in [5.41, 5.74) is 26.6. The number of methoxy groups -OCH3 is 4. The minimum Gasteiger partial charge on any atom is -0.496 e. The van der Waals surface area contributed by atoms with Gasteiger partial charge in [0, 0.05) is 94.8 Å². The molecule has 0 spiro atoms. The lowest BCUT2D eigenvalue weighted by atomic mass is 10.1. The maximum Gasteiger partial charge on any atom is 0.294 e. The first-order valence-electron chi connectivity index (χ1n) is 43.0. The third kappa shape index (κ3) is 33.5. The van der Waals surface area contributed by atoms with Gasteiger partial charge < -0.3 is 103 Å². The smallest absolute Gasteiger partial charge is 0.294 e. The van der Waals surface area contributed by atoms with Crippen molar-refractivity contribution in [1.29, 1.82) is 0 Å². The molecule has 17 rings (SSSR count). The number of hydrogen-bond acceptors (Lipinski definition) is 26. The van der Waals surface area contributed by atoms with Crippen LogP contribution in [0.5, 0.6) is 69.0 Å². The highest BCUT2D eigenvalue weighted by atomic mass is 35.5. The molecule has 4 aliphatic carbocycles. The zero-order valence-corrected chi connectivity index (χ0v) is 87.5. The standard InChI is InChI=1S/4C21H18ClFN4O3S.C7H8O3S.C2H6O3S.CH4O3S.CH4.ClH/c4*1-29-17-9-14-11(8-12(17)20(24)28)15(6-7-25-14)30-16-5-4-13(18(22)19(16)23)27-21(31)26-10-2-3-10;1-6-2-4-7(5-3-6)11(8,9)10;1-2-6(3,4)5;1-5(2,3)4;;/h4*4-10H,2-3H2,1H3,(H2,24,28)(H2,26,27,31);2-5H,1H3,(H,8,9,10);2H2,1H3,(H,3,4,5);1H3,(H,2,3,4);1H4;1H. The Balaban J connectivity index is 0.000000204. The van der Waals surface area contributed by atoms with Crippen molar-refractivity contribution in [3.63, 3.8) is 0 Å². The third-order valence-electron chi connectivity index (χ3n) is 20.5. The molecule has 4 fully saturated rings. The minimum atomic E-state index is -4.02. The minimum absolute atomic E-state index is 0. The fourth-order valence-electron chi connectivity index (χ4n) is 12.7. The molecule has 0 atom stereocenters. The number of nitrogens with one attached hydrogen (secondary N) is 8. The molecule has 53 heteroatoms. The SMILES string of the molecule is C.CCS(=O)(=O)O.COc1cc2nccc(Oc3ccc(NC(=S)NC4CC4)c(Cl)c3F)c2cc1C(N)=O.COc1cc2nccc(Oc3ccc(NC(=S)NC4CC4)c(Cl)c3F)c2cc1C(N)=O.COc1cc2nccc(Oc3ccc(NC(=S)NC4CC4)c(Cl)c3F)c2cc1C(N)=O.COc1cc2nccc(Oc3ccc(NC(=S)NC4CC4)c(Cl)c3F)c2cc1C(N)=O.CS(=O)(=O)O.Cc1ccc(S(=O)(=O)O)cc1.Cl. The largest absolute Gasteiger partial charge is 0.496 e. The molecule has 0 bridgehead atoms. The van der Waals surface area contributed by atoms with Gasteiger partial charge >= 0.3 is 0 Å². The Kier molecular flexibility index (Phi) is 41.8. The zero-order chi connectivity index (χ0) is 107. The number of amides is 4. The average molecular weight is 2270 g/mol. The van der Waals surface area contributed by atoms with Crippen LogP contribution in [0.1, 0.15) is 113 Å². The van der Waals surface area contributed by atoms with E-state index in [1.807, 2.05) is 6.92 Å². The molecule has 13 aromatic rings. The van der Waals surface area contributed by atoms with Crippen LogP contribution in [0.25, 0.3) is 43.6 Å². The number of thiocarbonyl (C=S) groups is 4. The van der Waals surface area contributed by atoms with Crippen LogP contribution >= 0.6 is 108 Å². The number of benzene rings is 9. The molecule has 4 aromatic heterocycles. The Morgan fingerprint density at radius 1 is 0.372 bits per heavy atom. The molecule has 4 amide bonds. The number of nitrogens with two attached hydrogens (primary N) is 4. The zero-order valence-electron chi connectivity index (χ0n) is 77.9. The number of halogens is 9. The van der Waals surface area contributed by atoms with Crippen LogP contribution in [0.4, 0.5) is 40.3 Å². The number of primary amides is 4. The van der Waals surface area contributed by atoms with Crippen molar-refractivity contribution in [1.82, 2.24) is 41.2 Å². The summed E-state index contributed by atoms with van der Waals surface area (Å²) in [6.07, 6.45) is 15.2. The van der Waals surface area contributed by atoms with Crippen LogP contribution in [0.2, 0.25) is 20.1 Å². The molecule has 786 valence electrons. The number of aromatic nitrogens is 4. The van der Waals surface area contributed by atoms with Gasteiger partial charge in [-0.25, -0.2) is 17.6 Å². The van der Waals surface area contributed by atoms with E-state index < -0.39 is 77.3 Å². The van der Waals surface area contributed by atoms with E-state index in [1.165, 1.54) is 121 Å². The highest BCUT2D eigenvalue weighted by Gasteiger charge is 2.30. The summed E-state index contributed by atoms with van der Waals surface area (Å²) in [6, 6.07) is 37.9. The van der Waals surface area contributed by atoms with Crippen LogP contribution in [0.3, 0.4) is 0 Å². The van der Waals surface area contributed by atoms with Gasteiger partial charge in [-0.1, -0.05) is 71.5 Å². The van der Waals surface area contributed by atoms with Crippen LogP contribution in [0.15, 0.2) is 175 Å². The second-order valence-corrected chi connectivity index (χ2v) is 39.5. The molecule has 37 nitrogen and oxygen atoms in total. The van der Waals surface area contributed by atoms with Crippen LogP contribution in [0, 0.1) is 30.2 Å². The second kappa shape index (κ2) is 52.4. The quantitative estimate of drug-likeness (QED) is 0.0136. The van der Waals surface area contributed by atoms with E-state index in [0.29, 0.717) is 117 Å². The van der Waals surface area contributed by atoms with Gasteiger partial charge in [0.1, 0.15) is 66.1 Å². The van der Waals surface area contributed by atoms with Gasteiger partial charge in [-0.3, -0.25) is 52.8 Å². The second-order valence-electron chi connectivity index (χ2n) is 31.7. The van der Waals surface area contributed by atoms with E-state index >= 15 is 0 Å². The van der Waals surface area contributed by atoms with Crippen molar-refractivity contribution in [2.45, 2.75) is 102 Å². The number of nitrogens with zero attached hydrogens (tertiary/aromatic N) is 4. The molecule has 148 heavy (non-hydrogen) atoms. The fourth-order valence-corrected chi connectivity index (χ4v) is 15.1. The van der Waals surface area contributed by atoms with Gasteiger partial charge in [0.05, 0.1) is 112 Å². The highest BCUT2D eigenvalue weighted by molar-refractivity contribution is 7.86. The molecule has 9 aromatic carbocycles. The highest BCUT2D eigenvalue weighted by Crippen LogP contribution is 2.45. The van der Waals surface area contributed by atoms with E-state index in [9.17, 15) is 62.0 Å². The number of anilines is 4. The Bertz CT molecular complexity index is 6860. The van der Waals surface area contributed by atoms with Gasteiger partial charge in [0.15, 0.2) is 66.7 Å². The first-order chi connectivity index (χ1) is 69.0. The maximum atomic E-state index is 14.9. The first-order valence-corrected chi connectivity index (χ1v) is 51.0. The Hall–Kier alpha value is -13.4. The Morgan fingerprint density at radius 2 is 0.574 bits per heavy atom. The molecular weight excluding hydrogens is 2180 g/mol. The third-order valence-corrected chi connectivity index (χ3v) is 24.5. The van der Waals surface area contributed by atoms with Crippen molar-refractivity contribution >= 4 is 248 Å². The van der Waals surface area contributed by atoms with Crippen LogP contribution in [-0.2, 0) is 30.4 Å². The number of carbonyl (C=O) groups excluding carboxylic acids is 4. The summed E-state index contributed by atoms with van der Waals surface area (Å²) < 4.78 is 186. The molecule has 4 saturated carbocycles. The number of pyridine rings is 4. The number of ether oxygens (including phenoxy) is 8. The lowest BCUT2D eigenvalue weighted by Gasteiger charge is -2.15. The number of rotatable bonds is 26. The van der Waals surface area contributed by atoms with Crippen molar-refractivity contribution in [2.75, 3.05) is 61.7 Å². The van der Waals surface area contributed by atoms with Gasteiger partial charge in [0.2, 0.25) is 0 Å². The lowest BCUT2D eigenvalue weighted by Crippen LogP contribution is -2.30. The normalized spacial score (nSPS) is 12.6. The molecule has 19 N–H and O–H groups in total.